The van der Waals surface area contributed by atoms with Gasteiger partial charge in [0.1, 0.15) is 5.78 Å². The Kier molecular flexibility index (Phi) is 11.5. The Bertz CT molecular complexity index is 681. The first kappa shape index (κ1) is 26.5. The molecule has 0 aromatic carbocycles. The summed E-state index contributed by atoms with van der Waals surface area (Å²) >= 11 is 0. The number of hydrogen-bond acceptors (Lipinski definition) is 4. The first-order valence-corrected chi connectivity index (χ1v) is 11.8. The van der Waals surface area contributed by atoms with Gasteiger partial charge in [-0.1, -0.05) is 46.5 Å². The van der Waals surface area contributed by atoms with Gasteiger partial charge in [0.25, 0.3) is 0 Å². The van der Waals surface area contributed by atoms with Crippen LogP contribution in [0.3, 0.4) is 0 Å². The summed E-state index contributed by atoms with van der Waals surface area (Å²) in [6.07, 6.45) is 10.1. The molecule has 0 aliphatic heterocycles. The van der Waals surface area contributed by atoms with Crippen molar-refractivity contribution in [2.24, 2.45) is 10.9 Å². The smallest absolute Gasteiger partial charge is 0.135 e. The first-order valence-electron chi connectivity index (χ1n) is 11.8. The minimum absolute atomic E-state index is 0.113. The molecule has 0 bridgehead atoms. The average molecular weight is 417 g/mol. The highest BCUT2D eigenvalue weighted by atomic mass is 16.3. The molecule has 3 rings (SSSR count). The predicted octanol–water partition coefficient (Wildman–Crippen LogP) is 7.09. The van der Waals surface area contributed by atoms with E-state index in [4.69, 9.17) is 5.11 Å². The van der Waals surface area contributed by atoms with Crippen LogP contribution in [0, 0.1) is 12.8 Å². The Morgan fingerprint density at radius 1 is 1.20 bits per heavy atom. The Morgan fingerprint density at radius 3 is 2.13 bits per heavy atom. The van der Waals surface area contributed by atoms with Gasteiger partial charge in [-0.3, -0.25) is 14.8 Å². The predicted molar refractivity (Wildman–Crippen MR) is 128 cm³/mol. The third kappa shape index (κ3) is 11.6. The van der Waals surface area contributed by atoms with E-state index in [9.17, 15) is 4.79 Å². The minimum atomic E-state index is -0.826. The van der Waals surface area contributed by atoms with E-state index in [0.29, 0.717) is 6.42 Å². The molecule has 2 saturated carbocycles. The second-order valence-corrected chi connectivity index (χ2v) is 9.63. The van der Waals surface area contributed by atoms with Crippen LogP contribution >= 0.6 is 0 Å². The Labute approximate surface area is 184 Å². The molecule has 4 nitrogen and oxygen atoms in total. The highest BCUT2D eigenvalue weighted by molar-refractivity contribution is 5.84. The van der Waals surface area contributed by atoms with E-state index in [2.05, 4.69) is 49.8 Å². The van der Waals surface area contributed by atoms with E-state index < -0.39 is 5.60 Å². The van der Waals surface area contributed by atoms with Gasteiger partial charge in [0.05, 0.1) is 17.0 Å². The zero-order valence-electron chi connectivity index (χ0n) is 20.4. The summed E-state index contributed by atoms with van der Waals surface area (Å²) in [5.74, 6) is 1.91. The van der Waals surface area contributed by atoms with E-state index in [-0.39, 0.29) is 12.2 Å². The van der Waals surface area contributed by atoms with Crippen molar-refractivity contribution in [3.8, 4) is 0 Å². The normalized spacial score (nSPS) is 16.6. The van der Waals surface area contributed by atoms with E-state index in [0.717, 1.165) is 36.1 Å². The van der Waals surface area contributed by atoms with Gasteiger partial charge < -0.3 is 5.11 Å². The Hall–Kier alpha value is -1.55. The fourth-order valence-corrected chi connectivity index (χ4v) is 3.14. The number of Topliss-reactive ketones (excluding diaryl/α,β-unsaturated/α-hetero) is 1. The molecule has 170 valence electrons. The lowest BCUT2D eigenvalue weighted by molar-refractivity contribution is -0.122. The topological polar surface area (TPSA) is 62.5 Å². The lowest BCUT2D eigenvalue weighted by Gasteiger charge is -2.18. The van der Waals surface area contributed by atoms with Crippen LogP contribution in [0.25, 0.3) is 0 Å². The number of pyridine rings is 1. The zero-order valence-corrected chi connectivity index (χ0v) is 20.4. The maximum absolute atomic E-state index is 10.7. The fraction of sp³-hybridized carbons (Fsp3) is 0.731. The second kappa shape index (κ2) is 13.0. The number of aliphatic imine (C=N–C) groups is 1. The molecule has 2 aliphatic rings. The summed E-state index contributed by atoms with van der Waals surface area (Å²) in [6, 6.07) is 4.26. The number of hydrogen-bond donors (Lipinski definition) is 1. The van der Waals surface area contributed by atoms with Crippen LogP contribution in [0.4, 0.5) is 5.69 Å². The third-order valence-electron chi connectivity index (χ3n) is 5.42. The van der Waals surface area contributed by atoms with Gasteiger partial charge in [0, 0.05) is 30.2 Å². The number of carbonyl (C=O) groups is 1. The van der Waals surface area contributed by atoms with E-state index in [1.807, 2.05) is 0 Å². The maximum atomic E-state index is 10.7. The number of carbonyl (C=O) groups excluding carboxylic acids is 1. The molecule has 0 amide bonds. The molecule has 0 spiro atoms. The molecule has 2 fully saturated rings. The van der Waals surface area contributed by atoms with Gasteiger partial charge in [0.15, 0.2) is 0 Å². The van der Waals surface area contributed by atoms with Gasteiger partial charge in [-0.2, -0.15) is 0 Å². The standard InChI is InChI=1S/C14H20N2.C7H14O2.C5H10/c1-4-5-10(2)15-13-8-9-14(12-6-7-12)16-11(13)3;1-4-6(8)5-7(2,3)9;1-5-3-2-4-5/h8-9,12H,4-7H2,1-3H3;9H,4-5H2,1-3H3;5H,2-4H2,1H3. The molecule has 1 aromatic rings. The average Bonchev–Trinajstić information content (AvgIpc) is 3.47. The van der Waals surface area contributed by atoms with Crippen LogP contribution in [-0.4, -0.2) is 27.2 Å². The molecule has 1 N–H and O–H groups in total. The van der Waals surface area contributed by atoms with Gasteiger partial charge in [-0.25, -0.2) is 0 Å². The number of ketones is 1. The van der Waals surface area contributed by atoms with Crippen LogP contribution in [-0.2, 0) is 4.79 Å². The fourth-order valence-electron chi connectivity index (χ4n) is 3.14. The molecule has 4 heteroatoms. The molecule has 0 saturated heterocycles. The highest BCUT2D eigenvalue weighted by Crippen LogP contribution is 2.39. The molecular formula is C26H44N2O2. The van der Waals surface area contributed by atoms with Crippen LogP contribution < -0.4 is 0 Å². The monoisotopic (exact) mass is 416 g/mol. The maximum Gasteiger partial charge on any atom is 0.135 e. The Morgan fingerprint density at radius 2 is 1.80 bits per heavy atom. The van der Waals surface area contributed by atoms with Gasteiger partial charge in [-0.05, 0) is 65.0 Å². The summed E-state index contributed by atoms with van der Waals surface area (Å²) in [7, 11) is 0. The number of aryl methyl sites for hydroxylation is 1. The SMILES string of the molecule is CC1CCC1.CCC(=O)CC(C)(C)O.CCCC(C)=Nc1ccc(C2CC2)nc1C. The molecule has 1 aromatic heterocycles. The van der Waals surface area contributed by atoms with Crippen molar-refractivity contribution in [3.05, 3.63) is 23.5 Å². The van der Waals surface area contributed by atoms with Crippen molar-refractivity contribution < 1.29 is 9.90 Å². The zero-order chi connectivity index (χ0) is 22.7. The summed E-state index contributed by atoms with van der Waals surface area (Å²) in [6.45, 7) is 13.7. The molecule has 0 unspecified atom stereocenters. The quantitative estimate of drug-likeness (QED) is 0.482. The van der Waals surface area contributed by atoms with Crippen LogP contribution in [0.15, 0.2) is 17.1 Å². The number of rotatable bonds is 7. The molecular weight excluding hydrogens is 372 g/mol. The lowest BCUT2D eigenvalue weighted by Crippen LogP contribution is -2.22. The summed E-state index contributed by atoms with van der Waals surface area (Å²) in [5.41, 5.74) is 3.74. The second-order valence-electron chi connectivity index (χ2n) is 9.63. The van der Waals surface area contributed by atoms with Crippen molar-refractivity contribution in [3.63, 3.8) is 0 Å². The molecule has 0 atom stereocenters. The summed E-state index contributed by atoms with van der Waals surface area (Å²) in [5, 5.41) is 9.10. The van der Waals surface area contributed by atoms with E-state index in [1.165, 1.54) is 43.5 Å². The van der Waals surface area contributed by atoms with E-state index in [1.54, 1.807) is 20.8 Å². The van der Waals surface area contributed by atoms with Gasteiger partial charge in [0.2, 0.25) is 0 Å². The lowest BCUT2D eigenvalue weighted by atomic mass is 9.88. The van der Waals surface area contributed by atoms with Crippen LogP contribution in [0.2, 0.25) is 0 Å². The number of nitrogens with zero attached hydrogens (tertiary/aromatic N) is 2. The Balaban J connectivity index is 0.000000269. The van der Waals surface area contributed by atoms with Crippen molar-refractivity contribution in [2.75, 3.05) is 0 Å². The van der Waals surface area contributed by atoms with E-state index >= 15 is 0 Å². The van der Waals surface area contributed by atoms with Gasteiger partial charge >= 0.3 is 0 Å². The van der Waals surface area contributed by atoms with Crippen molar-refractivity contribution >= 4 is 17.2 Å². The largest absolute Gasteiger partial charge is 0.390 e. The molecule has 2 aliphatic carbocycles. The van der Waals surface area contributed by atoms with Crippen LogP contribution in [0.1, 0.15) is 117 Å². The van der Waals surface area contributed by atoms with Crippen molar-refractivity contribution in [1.29, 1.82) is 0 Å². The molecule has 1 heterocycles. The molecule has 30 heavy (non-hydrogen) atoms. The van der Waals surface area contributed by atoms with Crippen LogP contribution in [0.5, 0.6) is 0 Å². The van der Waals surface area contributed by atoms with Crippen molar-refractivity contribution in [1.82, 2.24) is 4.98 Å². The highest BCUT2D eigenvalue weighted by Gasteiger charge is 2.25. The van der Waals surface area contributed by atoms with Gasteiger partial charge in [-0.15, -0.1) is 0 Å². The number of aliphatic hydroxyl groups is 1. The summed E-state index contributed by atoms with van der Waals surface area (Å²) in [4.78, 5) is 19.9. The summed E-state index contributed by atoms with van der Waals surface area (Å²) < 4.78 is 0. The number of aromatic nitrogens is 1. The van der Waals surface area contributed by atoms with Crippen molar-refractivity contribution in [2.45, 2.75) is 118 Å². The first-order chi connectivity index (χ1) is 14.1. The molecule has 0 radical (unpaired) electrons. The minimum Gasteiger partial charge on any atom is -0.390 e. The third-order valence-corrected chi connectivity index (χ3v) is 5.42.